The molecule has 1 aliphatic heterocycles. The number of aliphatic imine (C=N–C) groups is 1. The van der Waals surface area contributed by atoms with Crippen LogP contribution >= 0.6 is 35.9 Å². The third-order valence-corrected chi connectivity index (χ3v) is 3.97. The van der Waals surface area contributed by atoms with Gasteiger partial charge in [0.1, 0.15) is 4.38 Å². The molecule has 0 unspecified atom stereocenters. The van der Waals surface area contributed by atoms with Crippen LogP contribution in [0.1, 0.15) is 19.3 Å². The van der Waals surface area contributed by atoms with Crippen LogP contribution in [0, 0.1) is 0 Å². The Morgan fingerprint density at radius 2 is 2.23 bits per heavy atom. The average molecular weight is 241 g/mol. The smallest absolute Gasteiger partial charge is 0.124 e. The molecule has 0 aromatic heterocycles. The zero-order valence-electron chi connectivity index (χ0n) is 7.70. The van der Waals surface area contributed by atoms with Crippen LogP contribution in [0.3, 0.4) is 0 Å². The molecule has 1 rings (SSSR count). The first-order valence-electron chi connectivity index (χ1n) is 4.43. The van der Waals surface area contributed by atoms with Gasteiger partial charge < -0.3 is 5.73 Å². The van der Waals surface area contributed by atoms with Crippen LogP contribution in [0.2, 0.25) is 0 Å². The Hall–Kier alpha value is 0.620. The Labute approximate surface area is 94.9 Å². The molecule has 1 heterocycles. The van der Waals surface area contributed by atoms with Gasteiger partial charge in [0.15, 0.2) is 0 Å². The van der Waals surface area contributed by atoms with Gasteiger partial charge in [-0.1, -0.05) is 29.9 Å². The van der Waals surface area contributed by atoms with E-state index in [1.54, 1.807) is 0 Å². The zero-order valence-corrected chi connectivity index (χ0v) is 10.1. The fraction of sp³-hybridized carbons (Fsp3) is 0.875. The molecule has 0 aromatic rings. The first-order chi connectivity index (χ1) is 5.93. The molecule has 0 aliphatic carbocycles. The van der Waals surface area contributed by atoms with Crippen LogP contribution in [0.25, 0.3) is 0 Å². The largest absolute Gasteiger partial charge is 0.330 e. The number of halogens is 1. The van der Waals surface area contributed by atoms with Gasteiger partial charge in [-0.25, -0.2) is 0 Å². The Morgan fingerprint density at radius 1 is 1.38 bits per heavy atom. The molecular formula is C8H17ClN2S2. The minimum Gasteiger partial charge on any atom is -0.330 e. The summed E-state index contributed by atoms with van der Waals surface area (Å²) in [5.41, 5.74) is 5.40. The first-order valence-corrected chi connectivity index (χ1v) is 6.40. The maximum Gasteiger partial charge on any atom is 0.124 e. The van der Waals surface area contributed by atoms with Crippen molar-refractivity contribution in [3.8, 4) is 0 Å². The quantitative estimate of drug-likeness (QED) is 0.750. The lowest BCUT2D eigenvalue weighted by atomic mass is 10.2. The van der Waals surface area contributed by atoms with Crippen LogP contribution in [0.15, 0.2) is 4.99 Å². The summed E-state index contributed by atoms with van der Waals surface area (Å²) in [6.45, 7) is 1.86. The second-order valence-electron chi connectivity index (χ2n) is 2.69. The number of nitrogens with zero attached hydrogens (tertiary/aromatic N) is 1. The number of hydrogen-bond acceptors (Lipinski definition) is 4. The highest BCUT2D eigenvalue weighted by molar-refractivity contribution is 8.39. The van der Waals surface area contributed by atoms with Crippen molar-refractivity contribution in [1.29, 1.82) is 0 Å². The third kappa shape index (κ3) is 6.66. The molecule has 78 valence electrons. The maximum absolute atomic E-state index is 5.40. The molecule has 0 aromatic carbocycles. The van der Waals surface area contributed by atoms with Crippen molar-refractivity contribution in [1.82, 2.24) is 0 Å². The summed E-state index contributed by atoms with van der Waals surface area (Å²) in [5.74, 6) is 2.40. The molecule has 0 radical (unpaired) electrons. The lowest BCUT2D eigenvalue weighted by molar-refractivity contribution is 0.733. The summed E-state index contributed by atoms with van der Waals surface area (Å²) in [6.07, 6.45) is 3.71. The van der Waals surface area contributed by atoms with E-state index in [0.29, 0.717) is 0 Å². The summed E-state index contributed by atoms with van der Waals surface area (Å²) in [7, 11) is 0. The van der Waals surface area contributed by atoms with E-state index in [1.165, 1.54) is 35.1 Å². The molecule has 0 amide bonds. The van der Waals surface area contributed by atoms with Crippen molar-refractivity contribution >= 4 is 40.3 Å². The molecule has 0 spiro atoms. The maximum atomic E-state index is 5.40. The number of unbranched alkanes of at least 4 members (excludes halogenated alkanes) is 2. The van der Waals surface area contributed by atoms with Crippen LogP contribution < -0.4 is 5.73 Å². The predicted molar refractivity (Wildman–Crippen MR) is 67.4 cm³/mol. The summed E-state index contributed by atoms with van der Waals surface area (Å²) >= 11 is 3.80. The number of hydrogen-bond donors (Lipinski definition) is 1. The van der Waals surface area contributed by atoms with Crippen molar-refractivity contribution in [3.63, 3.8) is 0 Å². The van der Waals surface area contributed by atoms with Crippen molar-refractivity contribution in [2.45, 2.75) is 19.3 Å². The second kappa shape index (κ2) is 9.19. The van der Waals surface area contributed by atoms with E-state index in [9.17, 15) is 0 Å². The van der Waals surface area contributed by atoms with Crippen molar-refractivity contribution in [3.05, 3.63) is 0 Å². The minimum absolute atomic E-state index is 0. The van der Waals surface area contributed by atoms with Crippen LogP contribution in [-0.2, 0) is 0 Å². The summed E-state index contributed by atoms with van der Waals surface area (Å²) in [4.78, 5) is 4.37. The van der Waals surface area contributed by atoms with E-state index in [0.717, 1.165) is 13.1 Å². The summed E-state index contributed by atoms with van der Waals surface area (Å²) < 4.78 is 1.29. The Kier molecular flexibility index (Phi) is 9.62. The van der Waals surface area contributed by atoms with Crippen molar-refractivity contribution < 1.29 is 0 Å². The highest BCUT2D eigenvalue weighted by Gasteiger charge is 2.06. The van der Waals surface area contributed by atoms with Gasteiger partial charge in [-0.2, -0.15) is 0 Å². The van der Waals surface area contributed by atoms with E-state index in [-0.39, 0.29) is 12.4 Å². The van der Waals surface area contributed by atoms with Gasteiger partial charge in [0, 0.05) is 5.75 Å². The van der Waals surface area contributed by atoms with Crippen LogP contribution in [0.5, 0.6) is 0 Å². The summed E-state index contributed by atoms with van der Waals surface area (Å²) in [5, 5.41) is 0. The number of thioether (sulfide) groups is 2. The average Bonchev–Trinajstić information content (AvgIpc) is 2.57. The number of rotatable bonds is 5. The van der Waals surface area contributed by atoms with E-state index in [1.807, 2.05) is 23.5 Å². The van der Waals surface area contributed by atoms with Crippen LogP contribution in [0.4, 0.5) is 0 Å². The van der Waals surface area contributed by atoms with E-state index < -0.39 is 0 Å². The van der Waals surface area contributed by atoms with Gasteiger partial charge in [0.05, 0.1) is 6.54 Å². The lowest BCUT2D eigenvalue weighted by Crippen LogP contribution is -1.98. The monoisotopic (exact) mass is 240 g/mol. The SMILES string of the molecule is Cl.NCCCCCSC1=NCCS1. The molecular weight excluding hydrogens is 224 g/mol. The fourth-order valence-electron chi connectivity index (χ4n) is 0.985. The van der Waals surface area contributed by atoms with E-state index in [4.69, 9.17) is 5.73 Å². The summed E-state index contributed by atoms with van der Waals surface area (Å²) in [6, 6.07) is 0. The standard InChI is InChI=1S/C8H16N2S2.ClH/c9-4-2-1-3-6-11-8-10-5-7-12-8;/h1-7,9H2;1H. The Morgan fingerprint density at radius 3 is 2.85 bits per heavy atom. The molecule has 0 bridgehead atoms. The molecule has 0 saturated heterocycles. The van der Waals surface area contributed by atoms with Crippen LogP contribution in [-0.4, -0.2) is 29.0 Å². The minimum atomic E-state index is 0. The van der Waals surface area contributed by atoms with Gasteiger partial charge in [0.25, 0.3) is 0 Å². The van der Waals surface area contributed by atoms with Crippen molar-refractivity contribution in [2.24, 2.45) is 10.7 Å². The molecule has 5 heteroatoms. The van der Waals surface area contributed by atoms with E-state index >= 15 is 0 Å². The second-order valence-corrected chi connectivity index (χ2v) is 5.12. The molecule has 0 fully saturated rings. The van der Waals surface area contributed by atoms with Crippen molar-refractivity contribution in [2.75, 3.05) is 24.6 Å². The molecule has 2 nitrogen and oxygen atoms in total. The highest BCUT2D eigenvalue weighted by atomic mass is 35.5. The fourth-order valence-corrected chi connectivity index (χ4v) is 3.06. The Bertz CT molecular complexity index is 153. The van der Waals surface area contributed by atoms with E-state index in [2.05, 4.69) is 4.99 Å². The van der Waals surface area contributed by atoms with Gasteiger partial charge in [-0.3, -0.25) is 4.99 Å². The molecule has 0 saturated carbocycles. The van der Waals surface area contributed by atoms with Gasteiger partial charge in [0.2, 0.25) is 0 Å². The lowest BCUT2D eigenvalue weighted by Gasteiger charge is -1.98. The normalized spacial score (nSPS) is 15.3. The predicted octanol–water partition coefficient (Wildman–Crippen LogP) is 2.37. The Balaban J connectivity index is 0.00000144. The number of nitrogens with two attached hydrogens (primary N) is 1. The molecule has 13 heavy (non-hydrogen) atoms. The molecule has 0 atom stereocenters. The third-order valence-electron chi connectivity index (χ3n) is 1.63. The topological polar surface area (TPSA) is 38.4 Å². The first kappa shape index (κ1) is 13.6. The highest BCUT2D eigenvalue weighted by Crippen LogP contribution is 2.22. The van der Waals surface area contributed by atoms with Gasteiger partial charge in [-0.05, 0) is 25.1 Å². The van der Waals surface area contributed by atoms with Gasteiger partial charge >= 0.3 is 0 Å². The zero-order chi connectivity index (χ0) is 8.65. The molecule has 1 aliphatic rings. The van der Waals surface area contributed by atoms with Gasteiger partial charge in [-0.15, -0.1) is 12.4 Å². The molecule has 2 N–H and O–H groups in total.